The molecule has 1 saturated heterocycles. The highest BCUT2D eigenvalue weighted by Crippen LogP contribution is 2.32. The number of nitrogens with zero attached hydrogens (tertiary/aromatic N) is 4. The second kappa shape index (κ2) is 12.9. The van der Waals surface area contributed by atoms with E-state index in [1.54, 1.807) is 0 Å². The number of carbonyl (C=O) groups is 1. The van der Waals surface area contributed by atoms with E-state index in [0.717, 1.165) is 12.1 Å². The molecule has 17 nitrogen and oxygen atoms in total. The molecular formula is C21H29N6O11S3+. The van der Waals surface area contributed by atoms with Crippen LogP contribution in [0.15, 0.2) is 46.7 Å². The van der Waals surface area contributed by atoms with Crippen LogP contribution >= 0.6 is 0 Å². The van der Waals surface area contributed by atoms with Crippen LogP contribution in [0.1, 0.15) is 12.6 Å². The molecule has 1 aliphatic rings. The Morgan fingerprint density at radius 2 is 1.66 bits per heavy atom. The van der Waals surface area contributed by atoms with E-state index in [0.29, 0.717) is 29.1 Å². The van der Waals surface area contributed by atoms with Crippen LogP contribution < -0.4 is 11.5 Å². The van der Waals surface area contributed by atoms with Gasteiger partial charge in [-0.25, -0.2) is 15.0 Å². The zero-order chi connectivity index (χ0) is 30.7. The first-order valence-electron chi connectivity index (χ1n) is 11.6. The smallest absolute Gasteiger partial charge is 0.320 e. The molecule has 3 aromatic rings. The minimum absolute atomic E-state index is 0.216. The molecule has 0 bridgehead atoms. The summed E-state index contributed by atoms with van der Waals surface area (Å²) in [6, 6.07) is 3.28. The fourth-order valence-electron chi connectivity index (χ4n) is 3.84. The molecule has 41 heavy (non-hydrogen) atoms. The molecule has 226 valence electrons. The quantitative estimate of drug-likeness (QED) is 0.101. The lowest BCUT2D eigenvalue weighted by molar-refractivity contribution is -0.138. The Hall–Kier alpha value is -2.95. The van der Waals surface area contributed by atoms with Crippen molar-refractivity contribution < 1.29 is 50.8 Å². The van der Waals surface area contributed by atoms with Gasteiger partial charge in [0, 0.05) is 6.42 Å². The maximum atomic E-state index is 10.8. The lowest BCUT2D eigenvalue weighted by Gasteiger charge is -2.16. The van der Waals surface area contributed by atoms with E-state index in [-0.39, 0.29) is 16.7 Å². The van der Waals surface area contributed by atoms with Crippen molar-refractivity contribution in [3.63, 3.8) is 0 Å². The van der Waals surface area contributed by atoms with Gasteiger partial charge in [-0.15, -0.1) is 0 Å². The molecular weight excluding hydrogens is 608 g/mol. The third-order valence-corrected chi connectivity index (χ3v) is 9.73. The number of ether oxygens (including phenoxy) is 1. The number of aromatic nitrogens is 4. The zero-order valence-corrected chi connectivity index (χ0v) is 23.8. The number of benzene rings is 1. The number of aliphatic hydroxyl groups excluding tert-OH is 2. The molecule has 0 spiro atoms. The Morgan fingerprint density at radius 3 is 2.20 bits per heavy atom. The van der Waals surface area contributed by atoms with E-state index < -0.39 is 66.6 Å². The Morgan fingerprint density at radius 1 is 1.07 bits per heavy atom. The second-order valence-corrected chi connectivity index (χ2v) is 14.0. The molecule has 20 heteroatoms. The van der Waals surface area contributed by atoms with Crippen LogP contribution in [-0.2, 0) is 40.7 Å². The molecule has 4 rings (SSSR count). The van der Waals surface area contributed by atoms with Crippen molar-refractivity contribution >= 4 is 54.1 Å². The SMILES string of the molecule is C[S+](CC[C@H](N)C(=O)O)C[C@H]1O[C@@H](n2cnc3c(N)ncnc32)[C@H](O)[C@@H]1O.O=S(=O)(O)c1ccccc1S(=O)(=O)O. The van der Waals surface area contributed by atoms with Crippen LogP contribution in [0.2, 0.25) is 0 Å². The summed E-state index contributed by atoms with van der Waals surface area (Å²) in [7, 11) is -9.55. The number of fused-ring (bicyclic) bond motifs is 1. The Kier molecular flexibility index (Phi) is 10.3. The molecule has 1 fully saturated rings. The van der Waals surface area contributed by atoms with Crippen molar-refractivity contribution in [1.29, 1.82) is 0 Å². The largest absolute Gasteiger partial charge is 0.480 e. The predicted octanol–water partition coefficient (Wildman–Crippen LogP) is -1.74. The third-order valence-electron chi connectivity index (χ3n) is 5.95. The Balaban J connectivity index is 0.000000278. The van der Waals surface area contributed by atoms with Crippen LogP contribution in [0, 0.1) is 0 Å². The van der Waals surface area contributed by atoms with Gasteiger partial charge in [-0.3, -0.25) is 18.5 Å². The van der Waals surface area contributed by atoms with Gasteiger partial charge in [-0.05, 0) is 23.0 Å². The molecule has 1 aliphatic heterocycles. The maximum Gasteiger partial charge on any atom is 0.320 e. The summed E-state index contributed by atoms with van der Waals surface area (Å²) in [5, 5.41) is 29.7. The minimum atomic E-state index is -4.66. The normalized spacial score (nSPS) is 22.6. The van der Waals surface area contributed by atoms with Crippen molar-refractivity contribution in [2.24, 2.45) is 5.73 Å². The maximum absolute atomic E-state index is 10.8. The topological polar surface area (TPSA) is 291 Å². The molecule has 3 heterocycles. The van der Waals surface area contributed by atoms with Gasteiger partial charge in [0.25, 0.3) is 20.2 Å². The monoisotopic (exact) mass is 637 g/mol. The summed E-state index contributed by atoms with van der Waals surface area (Å²) in [5.41, 5.74) is 12.1. The molecule has 1 unspecified atom stereocenters. The lowest BCUT2D eigenvalue weighted by Crippen LogP contribution is -2.37. The van der Waals surface area contributed by atoms with Crippen LogP contribution in [-0.4, -0.2) is 109 Å². The minimum Gasteiger partial charge on any atom is -0.480 e. The van der Waals surface area contributed by atoms with Crippen LogP contribution in [0.4, 0.5) is 5.82 Å². The van der Waals surface area contributed by atoms with E-state index in [1.807, 2.05) is 6.26 Å². The third kappa shape index (κ3) is 7.87. The van der Waals surface area contributed by atoms with Crippen molar-refractivity contribution in [2.75, 3.05) is 23.5 Å². The zero-order valence-electron chi connectivity index (χ0n) is 21.3. The molecule has 6 atom stereocenters. The number of aliphatic carboxylic acids is 1. The number of hydrogen-bond acceptors (Lipinski definition) is 13. The molecule has 0 saturated carbocycles. The van der Waals surface area contributed by atoms with Gasteiger partial charge in [0.05, 0.1) is 12.6 Å². The fourth-order valence-corrected chi connectivity index (χ4v) is 7.28. The fraction of sp³-hybridized carbons (Fsp3) is 0.429. The summed E-state index contributed by atoms with van der Waals surface area (Å²) in [4.78, 5) is 21.3. The van der Waals surface area contributed by atoms with E-state index >= 15 is 0 Å². The van der Waals surface area contributed by atoms with Gasteiger partial charge >= 0.3 is 5.97 Å². The summed E-state index contributed by atoms with van der Waals surface area (Å²) in [6.07, 6.45) is 1.31. The number of carboxylic acid groups (broad SMARTS) is 1. The first kappa shape index (κ1) is 32.6. The first-order chi connectivity index (χ1) is 19.0. The van der Waals surface area contributed by atoms with Crippen LogP contribution in [0.5, 0.6) is 0 Å². The van der Waals surface area contributed by atoms with Crippen molar-refractivity contribution in [3.05, 3.63) is 36.9 Å². The van der Waals surface area contributed by atoms with E-state index in [2.05, 4.69) is 15.0 Å². The number of rotatable bonds is 9. The predicted molar refractivity (Wildman–Crippen MR) is 145 cm³/mol. The second-order valence-electron chi connectivity index (χ2n) is 8.91. The summed E-state index contributed by atoms with van der Waals surface area (Å²) in [6.45, 7) is 0. The number of nitrogens with two attached hydrogens (primary N) is 2. The highest BCUT2D eigenvalue weighted by Gasteiger charge is 2.46. The highest BCUT2D eigenvalue weighted by molar-refractivity contribution is 7.96. The molecule has 9 N–H and O–H groups in total. The molecule has 0 radical (unpaired) electrons. The number of carboxylic acids is 1. The van der Waals surface area contributed by atoms with E-state index in [9.17, 15) is 31.8 Å². The summed E-state index contributed by atoms with van der Waals surface area (Å²) >= 11 is 0. The van der Waals surface area contributed by atoms with Crippen LogP contribution in [0.25, 0.3) is 11.2 Å². The molecule has 1 aromatic carbocycles. The first-order valence-corrected chi connectivity index (χ1v) is 16.4. The van der Waals surface area contributed by atoms with Crippen molar-refractivity contribution in [2.45, 2.75) is 46.8 Å². The highest BCUT2D eigenvalue weighted by atomic mass is 32.2. The Labute approximate surface area is 237 Å². The van der Waals surface area contributed by atoms with Gasteiger partial charge in [0.15, 0.2) is 17.7 Å². The van der Waals surface area contributed by atoms with Crippen molar-refractivity contribution in [1.82, 2.24) is 19.5 Å². The number of hydrogen-bond donors (Lipinski definition) is 7. The Bertz CT molecular complexity index is 1550. The van der Waals surface area contributed by atoms with Crippen LogP contribution in [0.3, 0.4) is 0 Å². The van der Waals surface area contributed by atoms with Gasteiger partial charge in [0.2, 0.25) is 0 Å². The number of aliphatic hydroxyl groups is 2. The average molecular weight is 638 g/mol. The van der Waals surface area contributed by atoms with Gasteiger partial charge in [-0.1, -0.05) is 12.1 Å². The molecule has 0 aliphatic carbocycles. The summed E-state index contributed by atoms with van der Waals surface area (Å²) < 4.78 is 67.4. The number of imidazole rings is 1. The molecule has 0 amide bonds. The number of nitrogen functional groups attached to an aromatic ring is 1. The van der Waals surface area contributed by atoms with Gasteiger partial charge < -0.3 is 31.5 Å². The standard InChI is InChI=1S/C15H22N6O5S.C6H6O6S2/c1-27(3-2-7(16)15(24)25)4-8-10(22)11(23)14(26-8)21-6-20-9-12(17)18-5-19-13(9)21;7-13(8,9)5-3-1-2-4-6(5)14(10,11)12/h5-8,10-11,14,22-23H,2-4,16H2,1H3,(H2-,17,18,19,24,25);1-4H,(H,7,8,9)(H,10,11,12)/p+1/t7-,8+,10+,11+,14+,27?;/m0./s1. The number of anilines is 1. The van der Waals surface area contributed by atoms with Gasteiger partial charge in [0.1, 0.15) is 57.5 Å². The average Bonchev–Trinajstić information content (AvgIpc) is 3.44. The molecule has 2 aromatic heterocycles. The lowest BCUT2D eigenvalue weighted by atomic mass is 10.1. The van der Waals surface area contributed by atoms with E-state index in [4.69, 9.17) is 30.4 Å². The summed E-state index contributed by atoms with van der Waals surface area (Å²) in [5.74, 6) is 0.254. The van der Waals surface area contributed by atoms with Gasteiger partial charge in [-0.2, -0.15) is 16.8 Å². The van der Waals surface area contributed by atoms with E-state index in [1.165, 1.54) is 29.4 Å². The van der Waals surface area contributed by atoms with Crippen molar-refractivity contribution in [3.8, 4) is 0 Å².